The van der Waals surface area contributed by atoms with Crippen LogP contribution in [0.2, 0.25) is 10.0 Å². The van der Waals surface area contributed by atoms with Gasteiger partial charge in [0.1, 0.15) is 0 Å². The van der Waals surface area contributed by atoms with Crippen LogP contribution in [0.3, 0.4) is 0 Å². The topological polar surface area (TPSA) is 113 Å². The van der Waals surface area contributed by atoms with Gasteiger partial charge in [-0.3, -0.25) is 9.52 Å². The van der Waals surface area contributed by atoms with E-state index in [1.54, 1.807) is 30.3 Å². The van der Waals surface area contributed by atoms with Crippen molar-refractivity contribution in [1.82, 2.24) is 4.31 Å². The molecule has 0 atom stereocenters. The zero-order valence-corrected chi connectivity index (χ0v) is 24.6. The molecule has 0 aromatic heterocycles. The lowest BCUT2D eigenvalue weighted by Crippen LogP contribution is -2.41. The zero-order chi connectivity index (χ0) is 27.5. The lowest BCUT2D eigenvalue weighted by atomic mass is 9.97. The average molecular weight is 661 g/mol. The lowest BCUT2D eigenvalue weighted by Gasteiger charge is -2.30. The van der Waals surface area contributed by atoms with Gasteiger partial charge in [-0.15, -0.1) is 0 Å². The number of nitrogens with one attached hydrogen (secondary N) is 2. The standard InChI is InChI=1S/C25H24BrCl2N3O5S2/c26-19-4-1-3-17(15-19)16-37(33,34)31-13-11-18(12-14-31)25(32)29-20-7-9-21(10-8-20)38(35,36)30-23-6-2-5-22(27)24(23)28/h1-10,15,18,30H,11-14,16H2,(H,29,32). The summed E-state index contributed by atoms with van der Waals surface area (Å²) in [5, 5.41) is 3.10. The van der Waals surface area contributed by atoms with Gasteiger partial charge < -0.3 is 5.32 Å². The Morgan fingerprint density at radius 1 is 0.947 bits per heavy atom. The predicted molar refractivity (Wildman–Crippen MR) is 153 cm³/mol. The molecule has 1 amide bonds. The monoisotopic (exact) mass is 659 g/mol. The number of piperidine rings is 1. The van der Waals surface area contributed by atoms with Gasteiger partial charge in [-0.25, -0.2) is 21.1 Å². The number of rotatable bonds is 8. The highest BCUT2D eigenvalue weighted by Crippen LogP contribution is 2.31. The summed E-state index contributed by atoms with van der Waals surface area (Å²) in [6, 6.07) is 17.5. The Kier molecular flexibility index (Phi) is 9.06. The number of sulfonamides is 2. The molecular weight excluding hydrogens is 637 g/mol. The van der Waals surface area contributed by atoms with Crippen LogP contribution in [-0.4, -0.2) is 40.1 Å². The second kappa shape index (κ2) is 11.9. The summed E-state index contributed by atoms with van der Waals surface area (Å²) in [6.45, 7) is 0.507. The molecule has 13 heteroatoms. The highest BCUT2D eigenvalue weighted by molar-refractivity contribution is 9.10. The van der Waals surface area contributed by atoms with Crippen molar-refractivity contribution < 1.29 is 21.6 Å². The van der Waals surface area contributed by atoms with Crippen LogP contribution in [0.1, 0.15) is 18.4 Å². The van der Waals surface area contributed by atoms with Gasteiger partial charge in [0.15, 0.2) is 0 Å². The second-order valence-electron chi connectivity index (χ2n) is 8.78. The molecule has 8 nitrogen and oxygen atoms in total. The third-order valence-electron chi connectivity index (χ3n) is 6.08. The van der Waals surface area contributed by atoms with Crippen LogP contribution >= 0.6 is 39.1 Å². The molecule has 3 aromatic carbocycles. The van der Waals surface area contributed by atoms with Crippen molar-refractivity contribution in [2.24, 2.45) is 5.92 Å². The van der Waals surface area contributed by atoms with Gasteiger partial charge in [0, 0.05) is 29.2 Å². The SMILES string of the molecule is O=C(Nc1ccc(S(=O)(=O)Nc2cccc(Cl)c2Cl)cc1)C1CCN(S(=O)(=O)Cc2cccc(Br)c2)CC1. The van der Waals surface area contributed by atoms with Gasteiger partial charge in [-0.1, -0.05) is 57.3 Å². The third-order valence-corrected chi connectivity index (χ3v) is 10.6. The molecule has 0 unspecified atom stereocenters. The Bertz CT molecular complexity index is 1540. The highest BCUT2D eigenvalue weighted by atomic mass is 79.9. The Hall–Kier alpha value is -2.15. The Labute approximate surface area is 240 Å². The summed E-state index contributed by atoms with van der Waals surface area (Å²) < 4.78 is 55.8. The van der Waals surface area contributed by atoms with Crippen LogP contribution in [0.5, 0.6) is 0 Å². The van der Waals surface area contributed by atoms with Gasteiger partial charge in [0.25, 0.3) is 10.0 Å². The summed E-state index contributed by atoms with van der Waals surface area (Å²) >= 11 is 15.4. The van der Waals surface area contributed by atoms with Crippen LogP contribution in [0.15, 0.2) is 76.1 Å². The van der Waals surface area contributed by atoms with E-state index in [-0.39, 0.29) is 51.3 Å². The van der Waals surface area contributed by atoms with E-state index in [1.807, 2.05) is 6.07 Å². The minimum atomic E-state index is -3.93. The molecule has 1 saturated heterocycles. The normalized spacial score (nSPS) is 15.2. The van der Waals surface area contributed by atoms with Gasteiger partial charge in [-0.2, -0.15) is 0 Å². The van der Waals surface area contributed by atoms with Crippen LogP contribution in [-0.2, 0) is 30.6 Å². The number of hydrogen-bond donors (Lipinski definition) is 2. The second-order valence-corrected chi connectivity index (χ2v) is 14.1. The Morgan fingerprint density at radius 2 is 1.61 bits per heavy atom. The number of halogens is 3. The van der Waals surface area contributed by atoms with E-state index >= 15 is 0 Å². The molecule has 0 aliphatic carbocycles. The van der Waals surface area contributed by atoms with Crippen molar-refractivity contribution in [3.63, 3.8) is 0 Å². The smallest absolute Gasteiger partial charge is 0.261 e. The summed E-state index contributed by atoms with van der Waals surface area (Å²) in [5.41, 5.74) is 1.27. The molecule has 0 bridgehead atoms. The molecule has 4 rings (SSSR count). The maximum atomic E-state index is 12.8. The molecule has 1 fully saturated rings. The number of hydrogen-bond acceptors (Lipinski definition) is 5. The fraction of sp³-hybridized carbons (Fsp3) is 0.240. The van der Waals surface area contributed by atoms with Gasteiger partial charge in [0.2, 0.25) is 15.9 Å². The molecule has 1 heterocycles. The van der Waals surface area contributed by atoms with E-state index in [0.717, 1.165) is 4.47 Å². The number of anilines is 2. The highest BCUT2D eigenvalue weighted by Gasteiger charge is 2.31. The van der Waals surface area contributed by atoms with Gasteiger partial charge in [0.05, 0.1) is 26.4 Å². The van der Waals surface area contributed by atoms with E-state index < -0.39 is 20.0 Å². The summed E-state index contributed by atoms with van der Waals surface area (Å²) in [5.74, 6) is -0.701. The maximum Gasteiger partial charge on any atom is 0.261 e. The van der Waals surface area contributed by atoms with Crippen LogP contribution in [0.25, 0.3) is 0 Å². The van der Waals surface area contributed by atoms with E-state index in [9.17, 15) is 21.6 Å². The first-order chi connectivity index (χ1) is 17.9. The van der Waals surface area contributed by atoms with Gasteiger partial charge in [-0.05, 0) is 66.9 Å². The summed E-state index contributed by atoms with van der Waals surface area (Å²) in [7, 11) is -7.44. The average Bonchev–Trinajstić information content (AvgIpc) is 2.87. The van der Waals surface area contributed by atoms with E-state index in [1.165, 1.54) is 34.6 Å². The first-order valence-electron chi connectivity index (χ1n) is 11.5. The largest absolute Gasteiger partial charge is 0.326 e. The van der Waals surface area contributed by atoms with Gasteiger partial charge >= 0.3 is 0 Å². The first-order valence-corrected chi connectivity index (χ1v) is 16.2. The van der Waals surface area contributed by atoms with E-state index in [0.29, 0.717) is 24.1 Å². The minimum Gasteiger partial charge on any atom is -0.326 e. The minimum absolute atomic E-state index is 0.0181. The molecular formula is C25H24BrCl2N3O5S2. The fourth-order valence-corrected chi connectivity index (χ4v) is 7.55. The fourth-order valence-electron chi connectivity index (χ4n) is 4.07. The summed E-state index contributed by atoms with van der Waals surface area (Å²) in [6.07, 6.45) is 0.778. The lowest BCUT2D eigenvalue weighted by molar-refractivity contribution is -0.120. The Morgan fingerprint density at radius 3 is 2.26 bits per heavy atom. The summed E-state index contributed by atoms with van der Waals surface area (Å²) in [4.78, 5) is 12.8. The van der Waals surface area contributed by atoms with Crippen molar-refractivity contribution in [1.29, 1.82) is 0 Å². The number of benzene rings is 3. The van der Waals surface area contributed by atoms with Crippen molar-refractivity contribution in [2.75, 3.05) is 23.1 Å². The molecule has 0 radical (unpaired) electrons. The molecule has 0 saturated carbocycles. The number of nitrogens with zero attached hydrogens (tertiary/aromatic N) is 1. The van der Waals surface area contributed by atoms with Crippen LogP contribution in [0, 0.1) is 5.92 Å². The van der Waals surface area contributed by atoms with Crippen molar-refractivity contribution in [3.8, 4) is 0 Å². The molecule has 0 spiro atoms. The quantitative estimate of drug-likeness (QED) is 0.320. The Balaban J connectivity index is 1.33. The van der Waals surface area contributed by atoms with E-state index in [2.05, 4.69) is 26.0 Å². The number of carbonyl (C=O) groups is 1. The van der Waals surface area contributed by atoms with Crippen molar-refractivity contribution in [2.45, 2.75) is 23.5 Å². The number of amides is 1. The van der Waals surface area contributed by atoms with Crippen LogP contribution < -0.4 is 10.0 Å². The maximum absolute atomic E-state index is 12.8. The first kappa shape index (κ1) is 28.8. The molecule has 1 aliphatic heterocycles. The third kappa shape index (κ3) is 7.08. The zero-order valence-electron chi connectivity index (χ0n) is 19.9. The predicted octanol–water partition coefficient (Wildman–Crippen LogP) is 5.74. The van der Waals surface area contributed by atoms with Crippen molar-refractivity contribution >= 4 is 76.5 Å². The van der Waals surface area contributed by atoms with Crippen LogP contribution in [0.4, 0.5) is 11.4 Å². The molecule has 38 heavy (non-hydrogen) atoms. The molecule has 2 N–H and O–H groups in total. The molecule has 1 aliphatic rings. The van der Waals surface area contributed by atoms with E-state index in [4.69, 9.17) is 23.2 Å². The van der Waals surface area contributed by atoms with Crippen molar-refractivity contribution in [3.05, 3.63) is 86.8 Å². The molecule has 3 aromatic rings. The number of carbonyl (C=O) groups excluding carboxylic acids is 1. The molecule has 202 valence electrons.